The molecule has 0 unspecified atom stereocenters. The second kappa shape index (κ2) is 25.0. The van der Waals surface area contributed by atoms with Gasteiger partial charge in [-0.15, -0.1) is 0 Å². The summed E-state index contributed by atoms with van der Waals surface area (Å²) >= 11 is 0. The zero-order valence-corrected chi connectivity index (χ0v) is 29.7. The summed E-state index contributed by atoms with van der Waals surface area (Å²) in [6, 6.07) is 12.4. The van der Waals surface area contributed by atoms with E-state index in [1.807, 2.05) is 18.2 Å². The van der Waals surface area contributed by atoms with E-state index in [-0.39, 0.29) is 11.9 Å². The fourth-order valence-corrected chi connectivity index (χ4v) is 4.97. The van der Waals surface area contributed by atoms with Crippen LogP contribution in [0.1, 0.15) is 125 Å². The minimum absolute atomic E-state index is 0.298. The number of hydrogen-bond acceptors (Lipinski definition) is 6. The van der Waals surface area contributed by atoms with E-state index in [2.05, 4.69) is 40.1 Å². The molecule has 260 valence electrons. The Bertz CT molecular complexity index is 1050. The van der Waals surface area contributed by atoms with E-state index >= 15 is 0 Å². The van der Waals surface area contributed by atoms with Crippen molar-refractivity contribution in [2.75, 3.05) is 58.9 Å². The number of nitrogens with zero attached hydrogens (tertiary/aromatic N) is 1. The first-order valence-electron chi connectivity index (χ1n) is 17.6. The summed E-state index contributed by atoms with van der Waals surface area (Å²) in [5, 5.41) is 9.98. The number of likely N-dealkylation sites (N-methyl/N-ethyl adjacent to an activating group) is 1. The Hall–Kier alpha value is -3.10. The van der Waals surface area contributed by atoms with E-state index in [1.165, 1.54) is 51.4 Å². The molecule has 0 heterocycles. The number of ether oxygens (including phenoxy) is 3. The van der Waals surface area contributed by atoms with Gasteiger partial charge in [0.15, 0.2) is 0 Å². The van der Waals surface area contributed by atoms with Gasteiger partial charge in [0.2, 0.25) is 0 Å². The van der Waals surface area contributed by atoms with Crippen LogP contribution < -0.4 is 14.8 Å². The number of anilines is 1. The number of rotatable bonds is 24. The van der Waals surface area contributed by atoms with Crippen LogP contribution in [-0.2, 0) is 4.74 Å². The average molecular weight is 644 g/mol. The maximum Gasteiger partial charge on any atom is 0.338 e. The number of nitrogens with one attached hydrogen (secondary N) is 1. The van der Waals surface area contributed by atoms with Crippen molar-refractivity contribution in [1.29, 1.82) is 0 Å². The van der Waals surface area contributed by atoms with Crippen molar-refractivity contribution in [2.24, 2.45) is 0 Å². The normalized spacial score (nSPS) is 10.9. The Morgan fingerprint density at radius 1 is 0.674 bits per heavy atom. The van der Waals surface area contributed by atoms with Crippen LogP contribution in [0.15, 0.2) is 42.5 Å². The van der Waals surface area contributed by atoms with Gasteiger partial charge in [0, 0.05) is 12.8 Å². The van der Waals surface area contributed by atoms with Crippen molar-refractivity contribution >= 4 is 17.6 Å². The van der Waals surface area contributed by atoms with Crippen LogP contribution in [0.5, 0.6) is 11.5 Å². The summed E-state index contributed by atoms with van der Waals surface area (Å²) in [6.45, 7) is 12.9. The molecule has 0 saturated carbocycles. The highest BCUT2D eigenvalue weighted by molar-refractivity contribution is 6.08. The van der Waals surface area contributed by atoms with Crippen molar-refractivity contribution in [3.63, 3.8) is 0 Å². The molecule has 0 saturated heterocycles. The fourth-order valence-electron chi connectivity index (χ4n) is 4.97. The first-order valence-corrected chi connectivity index (χ1v) is 17.6. The van der Waals surface area contributed by atoms with Crippen molar-refractivity contribution in [2.45, 2.75) is 105 Å². The number of quaternary nitrogens is 1. The Balaban J connectivity index is 0.00000518. The van der Waals surface area contributed by atoms with Gasteiger partial charge in [-0.25, -0.2) is 4.79 Å². The zero-order chi connectivity index (χ0) is 34.0. The molecule has 0 aliphatic heterocycles. The van der Waals surface area contributed by atoms with Crippen LogP contribution in [0.2, 0.25) is 0 Å². The highest BCUT2D eigenvalue weighted by atomic mass is 16.5. The molecule has 2 rings (SSSR count). The molecule has 0 bridgehead atoms. The molecule has 0 aliphatic carbocycles. The smallest absolute Gasteiger partial charge is 0.338 e. The molecule has 8 nitrogen and oxygen atoms in total. The highest BCUT2D eigenvalue weighted by Crippen LogP contribution is 2.30. The predicted octanol–water partition coefficient (Wildman–Crippen LogP) is 8.67. The number of carbonyl (C=O) groups excluding carboxylic acids is 2. The second-order valence-electron chi connectivity index (χ2n) is 12.0. The third-order valence-electron chi connectivity index (χ3n) is 8.50. The van der Waals surface area contributed by atoms with E-state index in [1.54, 1.807) is 24.3 Å². The third-order valence-corrected chi connectivity index (χ3v) is 8.50. The van der Waals surface area contributed by atoms with E-state index in [0.29, 0.717) is 48.1 Å². The number of esters is 1. The number of aliphatic hydroxyl groups excluding tert-OH is 1. The number of amides is 1. The van der Waals surface area contributed by atoms with E-state index in [9.17, 15) is 9.59 Å². The Morgan fingerprint density at radius 3 is 1.63 bits per heavy atom. The minimum Gasteiger partial charge on any atom is -0.493 e. The largest absolute Gasteiger partial charge is 0.493 e. The van der Waals surface area contributed by atoms with Crippen LogP contribution in [0.4, 0.5) is 5.69 Å². The van der Waals surface area contributed by atoms with Gasteiger partial charge >= 0.3 is 5.97 Å². The van der Waals surface area contributed by atoms with Crippen LogP contribution in [-0.4, -0.2) is 75.1 Å². The Labute approximate surface area is 279 Å². The first-order chi connectivity index (χ1) is 22.4. The van der Waals surface area contributed by atoms with Crippen LogP contribution in [0.3, 0.4) is 0 Å². The molecule has 0 aromatic heterocycles. The quantitative estimate of drug-likeness (QED) is 0.0676. The molecule has 1 amide bonds. The molecule has 0 aliphatic rings. The highest BCUT2D eigenvalue weighted by Gasteiger charge is 2.21. The van der Waals surface area contributed by atoms with Crippen molar-refractivity contribution in [3.05, 3.63) is 53.6 Å². The van der Waals surface area contributed by atoms with Gasteiger partial charge in [0.05, 0.1) is 38.9 Å². The summed E-state index contributed by atoms with van der Waals surface area (Å²) in [5.41, 5.74) is 1.44. The molecule has 2 aromatic rings. The van der Waals surface area contributed by atoms with Gasteiger partial charge in [-0.1, -0.05) is 84.1 Å². The lowest BCUT2D eigenvalue weighted by Gasteiger charge is -2.31. The zero-order valence-electron chi connectivity index (χ0n) is 29.7. The summed E-state index contributed by atoms with van der Waals surface area (Å²) in [7, 11) is 3.16. The van der Waals surface area contributed by atoms with Gasteiger partial charge in [-0.05, 0) is 63.1 Å². The Morgan fingerprint density at radius 2 is 1.15 bits per heavy atom. The van der Waals surface area contributed by atoms with Gasteiger partial charge in [0.25, 0.3) is 5.91 Å². The molecular weight excluding hydrogens is 580 g/mol. The molecule has 2 N–H and O–H groups in total. The summed E-state index contributed by atoms with van der Waals surface area (Å²) in [5.74, 6) is 0.399. The number of hydrogen-bond donors (Lipinski definition) is 2. The van der Waals surface area contributed by atoms with Crippen LogP contribution in [0, 0.1) is 0 Å². The third kappa shape index (κ3) is 15.9. The second-order valence-corrected chi connectivity index (χ2v) is 12.0. The van der Waals surface area contributed by atoms with Crippen LogP contribution >= 0.6 is 0 Å². The monoisotopic (exact) mass is 643 g/mol. The minimum atomic E-state index is -0.361. The Kier molecular flexibility index (Phi) is 22.3. The van der Waals surface area contributed by atoms with Gasteiger partial charge < -0.3 is 29.1 Å². The molecule has 46 heavy (non-hydrogen) atoms. The topological polar surface area (TPSA) is 94.1 Å². The lowest BCUT2D eigenvalue weighted by molar-refractivity contribution is -0.906. The van der Waals surface area contributed by atoms with Gasteiger partial charge in [-0.3, -0.25) is 4.79 Å². The summed E-state index contributed by atoms with van der Waals surface area (Å²) in [6.07, 6.45) is 14.0. The summed E-state index contributed by atoms with van der Waals surface area (Å²) in [4.78, 5) is 26.2. The molecular formula is C38H63N2O6+. The van der Waals surface area contributed by atoms with E-state index in [4.69, 9.17) is 19.3 Å². The predicted molar refractivity (Wildman–Crippen MR) is 189 cm³/mol. The van der Waals surface area contributed by atoms with E-state index < -0.39 is 0 Å². The molecule has 8 heteroatoms. The fraction of sp³-hybridized carbons (Fsp3) is 0.632. The van der Waals surface area contributed by atoms with Crippen molar-refractivity contribution < 1.29 is 33.4 Å². The molecule has 0 atom stereocenters. The molecule has 0 fully saturated rings. The lowest BCUT2D eigenvalue weighted by atomic mass is 10.1. The summed E-state index contributed by atoms with van der Waals surface area (Å²) < 4.78 is 18.7. The molecule has 2 aromatic carbocycles. The molecule has 0 radical (unpaired) electrons. The van der Waals surface area contributed by atoms with Crippen molar-refractivity contribution in [1.82, 2.24) is 0 Å². The van der Waals surface area contributed by atoms with Gasteiger partial charge in [-0.2, -0.15) is 0 Å². The SMILES string of the molecule is CCCCCCCCOc1cccc(OCCCCCCCC)c1C(=O)Nc1ccc(C(=O)OCC[N+](C)(CC)CC)cc1.CO. The first kappa shape index (κ1) is 40.9. The lowest BCUT2D eigenvalue weighted by Crippen LogP contribution is -2.46. The number of unbranched alkanes of at least 4 members (excludes halogenated alkanes) is 10. The maximum atomic E-state index is 13.6. The van der Waals surface area contributed by atoms with Gasteiger partial charge in [0.1, 0.15) is 30.2 Å². The molecule has 0 spiro atoms. The van der Waals surface area contributed by atoms with E-state index in [0.717, 1.165) is 56.9 Å². The average Bonchev–Trinajstić information content (AvgIpc) is 3.08. The van der Waals surface area contributed by atoms with Crippen molar-refractivity contribution in [3.8, 4) is 11.5 Å². The van der Waals surface area contributed by atoms with Crippen LogP contribution in [0.25, 0.3) is 0 Å². The number of aliphatic hydroxyl groups is 1. The maximum absolute atomic E-state index is 13.6. The number of benzene rings is 2. The number of carbonyl (C=O) groups is 2. The standard InChI is InChI=1S/C37H58N2O5.CH4O/c1-6-10-12-14-16-18-28-42-33-21-20-22-34(43-29-19-17-15-13-11-7-2)35(33)36(40)38-32-25-23-31(24-26-32)37(41)44-30-27-39(5,8-3)9-4;1-2/h20-26H,6-19,27-30H2,1-5H3;2H,1H3/p+1.